The van der Waals surface area contributed by atoms with E-state index >= 15 is 0 Å². The Balaban J connectivity index is 1.77. The molecule has 0 radical (unpaired) electrons. The van der Waals surface area contributed by atoms with Crippen molar-refractivity contribution in [2.75, 3.05) is 25.1 Å². The molecule has 0 unspecified atom stereocenters. The van der Waals surface area contributed by atoms with Crippen molar-refractivity contribution >= 4 is 52.1 Å². The van der Waals surface area contributed by atoms with Gasteiger partial charge in [0.25, 0.3) is 0 Å². The molecule has 1 fully saturated rings. The molecule has 3 rings (SSSR count). The van der Waals surface area contributed by atoms with Crippen molar-refractivity contribution in [3.8, 4) is 5.75 Å². The number of ether oxygens (including phenoxy) is 1. The predicted octanol–water partition coefficient (Wildman–Crippen LogP) is 5.05. The summed E-state index contributed by atoms with van der Waals surface area (Å²) in [5.74, 6) is 0.650. The summed E-state index contributed by atoms with van der Waals surface area (Å²) in [6.45, 7) is 1.30. The molecule has 1 aromatic carbocycles. The molecule has 1 N–H and O–H groups in total. The van der Waals surface area contributed by atoms with Crippen LogP contribution in [-0.4, -0.2) is 36.1 Å². The minimum atomic E-state index is -0.333. The van der Waals surface area contributed by atoms with Crippen LogP contribution in [0, 0.1) is 0 Å². The molecule has 2 aliphatic rings. The molecular weight excluding hydrogens is 441 g/mol. The zero-order valence-corrected chi connectivity index (χ0v) is 18.9. The van der Waals surface area contributed by atoms with Gasteiger partial charge in [0, 0.05) is 19.2 Å². The molecule has 1 aromatic rings. The lowest BCUT2D eigenvalue weighted by molar-refractivity contribution is -0.116. The van der Waals surface area contributed by atoms with Crippen molar-refractivity contribution < 1.29 is 9.53 Å². The SMILES string of the molecule is COc1ccccc1N1CCCN(C(NC(=O)/C=C/C2=CCCC=C2)=C(Cl)Cl)C1=S. The van der Waals surface area contributed by atoms with E-state index in [1.54, 1.807) is 18.1 Å². The third-order valence-electron chi connectivity index (χ3n) is 4.74. The second kappa shape index (κ2) is 10.7. The van der Waals surface area contributed by atoms with Crippen LogP contribution in [0.25, 0.3) is 0 Å². The highest BCUT2D eigenvalue weighted by Gasteiger charge is 2.29. The maximum atomic E-state index is 12.5. The topological polar surface area (TPSA) is 44.8 Å². The Morgan fingerprint density at radius 2 is 2.03 bits per heavy atom. The number of para-hydroxylation sites is 2. The summed E-state index contributed by atoms with van der Waals surface area (Å²) >= 11 is 18.0. The molecule has 1 amide bonds. The van der Waals surface area contributed by atoms with Gasteiger partial charge in [0.15, 0.2) is 5.11 Å². The highest BCUT2D eigenvalue weighted by Crippen LogP contribution is 2.31. The Morgan fingerprint density at radius 3 is 2.73 bits per heavy atom. The summed E-state index contributed by atoms with van der Waals surface area (Å²) in [7, 11) is 1.62. The van der Waals surface area contributed by atoms with Crippen molar-refractivity contribution in [2.24, 2.45) is 0 Å². The van der Waals surface area contributed by atoms with Crippen molar-refractivity contribution in [2.45, 2.75) is 19.3 Å². The van der Waals surface area contributed by atoms with Crippen molar-refractivity contribution in [1.29, 1.82) is 0 Å². The van der Waals surface area contributed by atoms with E-state index < -0.39 is 0 Å². The summed E-state index contributed by atoms with van der Waals surface area (Å²) in [4.78, 5) is 16.2. The fraction of sp³-hybridized carbons (Fsp3) is 0.273. The first-order valence-electron chi connectivity index (χ1n) is 9.64. The molecule has 1 aliphatic carbocycles. The second-order valence-electron chi connectivity index (χ2n) is 6.73. The Morgan fingerprint density at radius 1 is 1.23 bits per heavy atom. The minimum absolute atomic E-state index is 0.0576. The first kappa shape index (κ1) is 22.4. The zero-order chi connectivity index (χ0) is 21.5. The van der Waals surface area contributed by atoms with Crippen LogP contribution < -0.4 is 15.0 Å². The molecule has 5 nitrogen and oxygen atoms in total. The molecule has 0 saturated carbocycles. The first-order valence-corrected chi connectivity index (χ1v) is 10.8. The Labute approximate surface area is 192 Å². The number of benzene rings is 1. The highest BCUT2D eigenvalue weighted by atomic mass is 35.5. The van der Waals surface area contributed by atoms with Crippen LogP contribution in [0.4, 0.5) is 5.69 Å². The zero-order valence-electron chi connectivity index (χ0n) is 16.6. The van der Waals surface area contributed by atoms with Gasteiger partial charge in [0.05, 0.1) is 12.8 Å². The number of halogens is 2. The molecular formula is C22H23Cl2N3O2S. The maximum Gasteiger partial charge on any atom is 0.249 e. The fourth-order valence-corrected chi connectivity index (χ4v) is 3.98. The lowest BCUT2D eigenvalue weighted by Crippen LogP contribution is -2.51. The summed E-state index contributed by atoms with van der Waals surface area (Å²) in [6, 6.07) is 7.64. The van der Waals surface area contributed by atoms with Crippen LogP contribution in [-0.2, 0) is 4.79 Å². The van der Waals surface area contributed by atoms with Gasteiger partial charge >= 0.3 is 0 Å². The van der Waals surface area contributed by atoms with Crippen LogP contribution in [0.2, 0.25) is 0 Å². The van der Waals surface area contributed by atoms with Crippen LogP contribution in [0.3, 0.4) is 0 Å². The van der Waals surface area contributed by atoms with Gasteiger partial charge in [-0.1, -0.05) is 53.6 Å². The number of nitrogens with zero attached hydrogens (tertiary/aromatic N) is 2. The largest absolute Gasteiger partial charge is 0.495 e. The summed E-state index contributed by atoms with van der Waals surface area (Å²) in [6.07, 6.45) is 12.2. The first-order chi connectivity index (χ1) is 14.5. The molecule has 8 heteroatoms. The van der Waals surface area contributed by atoms with E-state index in [1.807, 2.05) is 35.2 Å². The number of methoxy groups -OCH3 is 1. The Hall–Kier alpha value is -2.28. The van der Waals surface area contributed by atoms with Gasteiger partial charge in [-0.2, -0.15) is 0 Å². The summed E-state index contributed by atoms with van der Waals surface area (Å²) in [5.41, 5.74) is 1.84. The van der Waals surface area contributed by atoms with Crippen LogP contribution in [0.15, 0.2) is 70.5 Å². The van der Waals surface area contributed by atoms with Gasteiger partial charge in [0.2, 0.25) is 5.91 Å². The predicted molar refractivity (Wildman–Crippen MR) is 127 cm³/mol. The van der Waals surface area contributed by atoms with E-state index in [9.17, 15) is 4.79 Å². The smallest absolute Gasteiger partial charge is 0.249 e. The van der Waals surface area contributed by atoms with Gasteiger partial charge < -0.3 is 19.9 Å². The van der Waals surface area contributed by atoms with E-state index in [0.717, 1.165) is 37.1 Å². The normalized spacial score (nSPS) is 16.5. The number of allylic oxidation sites excluding steroid dienone is 5. The number of carbonyl (C=O) groups excluding carboxylic acids is 1. The molecule has 0 spiro atoms. The number of rotatable bonds is 6. The standard InChI is InChI=1S/C22H23Cl2N3O2S/c1-29-18-11-6-5-10-17(18)26-14-7-15-27(22(26)30)21(20(23)24)25-19(28)13-12-16-8-3-2-4-9-16/h3,5-6,8-13H,2,4,7,14-15H2,1H3,(H,25,28)/b13-12+. The van der Waals surface area contributed by atoms with Crippen molar-refractivity contribution in [1.82, 2.24) is 10.2 Å². The monoisotopic (exact) mass is 463 g/mol. The maximum absolute atomic E-state index is 12.5. The van der Waals surface area contributed by atoms with Gasteiger partial charge in [0.1, 0.15) is 16.1 Å². The Kier molecular flexibility index (Phi) is 7.96. The van der Waals surface area contributed by atoms with E-state index in [-0.39, 0.29) is 16.2 Å². The number of amides is 1. The lowest BCUT2D eigenvalue weighted by Gasteiger charge is -2.39. The van der Waals surface area contributed by atoms with E-state index in [0.29, 0.717) is 17.4 Å². The third kappa shape index (κ3) is 5.45. The Bertz CT molecular complexity index is 936. The van der Waals surface area contributed by atoms with E-state index in [2.05, 4.69) is 17.5 Å². The highest BCUT2D eigenvalue weighted by molar-refractivity contribution is 7.80. The van der Waals surface area contributed by atoms with Crippen LogP contribution in [0.5, 0.6) is 5.75 Å². The van der Waals surface area contributed by atoms with Crippen molar-refractivity contribution in [3.63, 3.8) is 0 Å². The van der Waals surface area contributed by atoms with Gasteiger partial charge in [-0.05, 0) is 55.3 Å². The summed E-state index contributed by atoms with van der Waals surface area (Å²) < 4.78 is 5.41. The molecule has 0 bridgehead atoms. The fourth-order valence-electron chi connectivity index (χ4n) is 3.31. The number of carbonyl (C=O) groups is 1. The molecule has 1 heterocycles. The number of hydrogen-bond acceptors (Lipinski definition) is 3. The van der Waals surface area contributed by atoms with Crippen LogP contribution in [0.1, 0.15) is 19.3 Å². The van der Waals surface area contributed by atoms with Crippen LogP contribution >= 0.6 is 35.4 Å². The number of thiocarbonyl (C=S) groups is 1. The average Bonchev–Trinajstić information content (AvgIpc) is 2.77. The van der Waals surface area contributed by atoms with E-state index in [1.165, 1.54) is 6.08 Å². The molecule has 0 atom stereocenters. The molecule has 0 aromatic heterocycles. The molecule has 1 saturated heterocycles. The molecule has 30 heavy (non-hydrogen) atoms. The number of hydrogen-bond donors (Lipinski definition) is 1. The quantitative estimate of drug-likeness (QED) is 0.472. The number of anilines is 1. The third-order valence-corrected chi connectivity index (χ3v) is 5.54. The van der Waals surface area contributed by atoms with E-state index in [4.69, 9.17) is 40.2 Å². The average molecular weight is 464 g/mol. The lowest BCUT2D eigenvalue weighted by atomic mass is 10.1. The number of nitrogens with one attached hydrogen (secondary N) is 1. The molecule has 158 valence electrons. The van der Waals surface area contributed by atoms with Gasteiger partial charge in [-0.15, -0.1) is 0 Å². The second-order valence-corrected chi connectivity index (χ2v) is 8.04. The van der Waals surface area contributed by atoms with Gasteiger partial charge in [-0.25, -0.2) is 0 Å². The minimum Gasteiger partial charge on any atom is -0.495 e. The summed E-state index contributed by atoms with van der Waals surface area (Å²) in [5, 5.41) is 3.26. The molecule has 1 aliphatic heterocycles. The van der Waals surface area contributed by atoms with Crippen molar-refractivity contribution in [3.05, 3.63) is 70.5 Å². The van der Waals surface area contributed by atoms with Gasteiger partial charge in [-0.3, -0.25) is 4.79 Å².